The average molecular weight is 513 g/mol. The van der Waals surface area contributed by atoms with Crippen LogP contribution in [0.1, 0.15) is 32.3 Å². The highest BCUT2D eigenvalue weighted by Crippen LogP contribution is 2.09. The lowest BCUT2D eigenvalue weighted by molar-refractivity contribution is -0.141. The van der Waals surface area contributed by atoms with E-state index in [0.29, 0.717) is 12.2 Å². The van der Waals surface area contributed by atoms with Crippen molar-refractivity contribution in [2.45, 2.75) is 57.3 Å². The maximum Gasteiger partial charge on any atom is 0.327 e. The first kappa shape index (κ1) is 29.8. The molecule has 1 rings (SSSR count). The molecule has 0 aliphatic rings. The summed E-state index contributed by atoms with van der Waals surface area (Å²) in [7, 11) is 0. The summed E-state index contributed by atoms with van der Waals surface area (Å²) in [5.74, 6) is -2.18. The minimum Gasteiger partial charge on any atom is -0.480 e. The fourth-order valence-corrected chi connectivity index (χ4v) is 3.88. The Balaban J connectivity index is 3.05. The monoisotopic (exact) mass is 512 g/mol. The van der Waals surface area contributed by atoms with Crippen molar-refractivity contribution < 1.29 is 24.3 Å². The summed E-state index contributed by atoms with van der Waals surface area (Å²) in [5.41, 5.74) is 6.80. The van der Waals surface area contributed by atoms with Crippen molar-refractivity contribution in [3.05, 3.63) is 35.9 Å². The van der Waals surface area contributed by atoms with Crippen molar-refractivity contribution in [1.29, 1.82) is 0 Å². The van der Waals surface area contributed by atoms with Crippen LogP contribution in [0.2, 0.25) is 0 Å². The average Bonchev–Trinajstić information content (AvgIpc) is 2.79. The molecule has 0 aliphatic heterocycles. The SMILES string of the molecule is CSCCC(N)C(=O)NC(Cc1ccccc1)C(=O)NC(CC(C)C)C(=O)NC(CS)C(=O)O. The lowest BCUT2D eigenvalue weighted by Gasteiger charge is -2.26. The van der Waals surface area contributed by atoms with Gasteiger partial charge in [-0.2, -0.15) is 24.4 Å². The number of carbonyl (C=O) groups excluding carboxylic acids is 3. The Kier molecular flexibility index (Phi) is 13.7. The molecule has 0 radical (unpaired) electrons. The fourth-order valence-electron chi connectivity index (χ4n) is 3.15. The molecule has 0 heterocycles. The van der Waals surface area contributed by atoms with Gasteiger partial charge in [0.15, 0.2) is 0 Å². The quantitative estimate of drug-likeness (QED) is 0.190. The predicted molar refractivity (Wildman–Crippen MR) is 138 cm³/mol. The molecule has 11 heteroatoms. The first-order valence-corrected chi connectivity index (χ1v) is 13.1. The van der Waals surface area contributed by atoms with E-state index in [-0.39, 0.29) is 24.5 Å². The van der Waals surface area contributed by atoms with E-state index in [1.807, 2.05) is 50.4 Å². The normalized spacial score (nSPS) is 14.5. The third-order valence-electron chi connectivity index (χ3n) is 5.02. The second-order valence-corrected chi connectivity index (χ2v) is 9.76. The lowest BCUT2D eigenvalue weighted by Crippen LogP contribution is -2.58. The minimum absolute atomic E-state index is 0.0393. The van der Waals surface area contributed by atoms with Gasteiger partial charge in [-0.25, -0.2) is 4.79 Å². The van der Waals surface area contributed by atoms with E-state index in [1.165, 1.54) is 0 Å². The first-order valence-electron chi connectivity index (χ1n) is 11.1. The summed E-state index contributed by atoms with van der Waals surface area (Å²) in [6.07, 6.45) is 2.87. The molecule has 0 saturated heterocycles. The molecule has 0 spiro atoms. The zero-order valence-electron chi connectivity index (χ0n) is 19.8. The Labute approximate surface area is 210 Å². The second kappa shape index (κ2) is 15.6. The van der Waals surface area contributed by atoms with E-state index in [0.717, 1.165) is 5.56 Å². The van der Waals surface area contributed by atoms with Crippen molar-refractivity contribution in [2.24, 2.45) is 11.7 Å². The number of nitrogens with two attached hydrogens (primary N) is 1. The van der Waals surface area contributed by atoms with Gasteiger partial charge in [-0.1, -0.05) is 44.2 Å². The van der Waals surface area contributed by atoms with Gasteiger partial charge < -0.3 is 26.8 Å². The van der Waals surface area contributed by atoms with Crippen LogP contribution in [0, 0.1) is 5.92 Å². The van der Waals surface area contributed by atoms with Crippen LogP contribution >= 0.6 is 24.4 Å². The number of carbonyl (C=O) groups is 4. The second-order valence-electron chi connectivity index (χ2n) is 8.41. The number of amides is 3. The standard InChI is InChI=1S/C23H36N4O5S2/c1-14(2)11-17(21(29)27-19(13-33)23(31)32)26-22(30)18(12-15-7-5-4-6-8-15)25-20(28)16(24)9-10-34-3/h4-8,14,16-19,33H,9-13,24H2,1-3H3,(H,25,28)(H,26,30)(H,27,29)(H,31,32). The summed E-state index contributed by atoms with van der Waals surface area (Å²) in [5, 5.41) is 17.0. The smallest absolute Gasteiger partial charge is 0.327 e. The molecule has 0 bridgehead atoms. The van der Waals surface area contributed by atoms with Gasteiger partial charge in [0.2, 0.25) is 17.7 Å². The zero-order valence-corrected chi connectivity index (χ0v) is 21.5. The van der Waals surface area contributed by atoms with Crippen LogP contribution in [0.5, 0.6) is 0 Å². The molecule has 190 valence electrons. The predicted octanol–water partition coefficient (Wildman–Crippen LogP) is 0.824. The van der Waals surface area contributed by atoms with Gasteiger partial charge in [0.1, 0.15) is 18.1 Å². The van der Waals surface area contributed by atoms with E-state index in [1.54, 1.807) is 11.8 Å². The molecule has 3 amide bonds. The Hall–Kier alpha value is -2.24. The van der Waals surface area contributed by atoms with Crippen molar-refractivity contribution in [1.82, 2.24) is 16.0 Å². The first-order chi connectivity index (χ1) is 16.1. The molecule has 1 aromatic carbocycles. The summed E-state index contributed by atoms with van der Waals surface area (Å²) < 4.78 is 0. The van der Waals surface area contributed by atoms with Crippen molar-refractivity contribution in [2.75, 3.05) is 17.8 Å². The number of hydrogen-bond donors (Lipinski definition) is 6. The number of nitrogens with one attached hydrogen (secondary N) is 3. The van der Waals surface area contributed by atoms with E-state index < -0.39 is 47.9 Å². The number of rotatable bonds is 15. The zero-order chi connectivity index (χ0) is 25.7. The Morgan fingerprint density at radius 3 is 2.06 bits per heavy atom. The molecule has 4 atom stereocenters. The van der Waals surface area contributed by atoms with Crippen LogP contribution in [0.15, 0.2) is 30.3 Å². The number of hydrogen-bond acceptors (Lipinski definition) is 7. The topological polar surface area (TPSA) is 151 Å². The molecular weight excluding hydrogens is 476 g/mol. The molecule has 6 N–H and O–H groups in total. The summed E-state index contributed by atoms with van der Waals surface area (Å²) in [6.45, 7) is 3.77. The number of thiol groups is 1. The van der Waals surface area contributed by atoms with Crippen LogP contribution in [-0.4, -0.2) is 70.7 Å². The van der Waals surface area contributed by atoms with Crippen LogP contribution in [-0.2, 0) is 25.6 Å². The van der Waals surface area contributed by atoms with Gasteiger partial charge in [0.05, 0.1) is 6.04 Å². The summed E-state index contributed by atoms with van der Waals surface area (Å²) in [6, 6.07) is 5.29. The van der Waals surface area contributed by atoms with Crippen LogP contribution in [0.25, 0.3) is 0 Å². The van der Waals surface area contributed by atoms with Crippen LogP contribution < -0.4 is 21.7 Å². The molecule has 4 unspecified atom stereocenters. The number of thioether (sulfide) groups is 1. The molecule has 0 aromatic heterocycles. The van der Waals surface area contributed by atoms with Gasteiger partial charge >= 0.3 is 5.97 Å². The van der Waals surface area contributed by atoms with E-state index in [9.17, 15) is 24.3 Å². The van der Waals surface area contributed by atoms with E-state index in [4.69, 9.17) is 5.73 Å². The van der Waals surface area contributed by atoms with E-state index >= 15 is 0 Å². The Morgan fingerprint density at radius 1 is 0.971 bits per heavy atom. The lowest BCUT2D eigenvalue weighted by atomic mass is 10.0. The molecule has 0 saturated carbocycles. The maximum absolute atomic E-state index is 13.2. The van der Waals surface area contributed by atoms with Crippen molar-refractivity contribution >= 4 is 48.1 Å². The highest BCUT2D eigenvalue weighted by Gasteiger charge is 2.30. The number of carboxylic acids is 1. The highest BCUT2D eigenvalue weighted by molar-refractivity contribution is 7.98. The number of aliphatic carboxylic acids is 1. The maximum atomic E-state index is 13.2. The molecule has 0 aliphatic carbocycles. The molecule has 34 heavy (non-hydrogen) atoms. The Morgan fingerprint density at radius 2 is 1.53 bits per heavy atom. The van der Waals surface area contributed by atoms with Crippen LogP contribution in [0.4, 0.5) is 0 Å². The van der Waals surface area contributed by atoms with Gasteiger partial charge in [0.25, 0.3) is 0 Å². The third-order valence-corrected chi connectivity index (χ3v) is 6.03. The highest BCUT2D eigenvalue weighted by atomic mass is 32.2. The summed E-state index contributed by atoms with van der Waals surface area (Å²) >= 11 is 5.53. The molecular formula is C23H36N4O5S2. The minimum atomic E-state index is -1.22. The van der Waals surface area contributed by atoms with Gasteiger partial charge in [0, 0.05) is 12.2 Å². The fraction of sp³-hybridized carbons (Fsp3) is 0.565. The largest absolute Gasteiger partial charge is 0.480 e. The molecule has 9 nitrogen and oxygen atoms in total. The van der Waals surface area contributed by atoms with Gasteiger partial charge in [-0.05, 0) is 36.3 Å². The summed E-state index contributed by atoms with van der Waals surface area (Å²) in [4.78, 5) is 49.9. The Bertz CT molecular complexity index is 810. The van der Waals surface area contributed by atoms with Crippen LogP contribution in [0.3, 0.4) is 0 Å². The molecule has 1 aromatic rings. The van der Waals surface area contributed by atoms with Gasteiger partial charge in [-0.3, -0.25) is 14.4 Å². The van der Waals surface area contributed by atoms with E-state index in [2.05, 4.69) is 28.6 Å². The number of benzene rings is 1. The van der Waals surface area contributed by atoms with Gasteiger partial charge in [-0.15, -0.1) is 0 Å². The number of carboxylic acid groups (broad SMARTS) is 1. The van der Waals surface area contributed by atoms with Crippen molar-refractivity contribution in [3.8, 4) is 0 Å². The third kappa shape index (κ3) is 10.8. The van der Waals surface area contributed by atoms with Crippen molar-refractivity contribution in [3.63, 3.8) is 0 Å². The molecule has 0 fully saturated rings.